The first-order chi connectivity index (χ1) is 13.3. The fraction of sp³-hybridized carbons (Fsp3) is 0.550. The molecule has 0 radical (unpaired) electrons. The van der Waals surface area contributed by atoms with E-state index in [1.807, 2.05) is 34.1 Å². The fourth-order valence-corrected chi connectivity index (χ4v) is 4.03. The maximum absolute atomic E-state index is 12.8. The number of rotatable bonds is 5. The Morgan fingerprint density at radius 2 is 1.93 bits per heavy atom. The van der Waals surface area contributed by atoms with E-state index in [-0.39, 0.29) is 30.7 Å². The number of hydrogen-bond donors (Lipinski definition) is 1. The van der Waals surface area contributed by atoms with Crippen molar-refractivity contribution in [3.8, 4) is 0 Å². The van der Waals surface area contributed by atoms with Gasteiger partial charge in [0.05, 0.1) is 5.69 Å². The van der Waals surface area contributed by atoms with E-state index in [1.165, 1.54) is 18.5 Å². The number of hydrogen-bond acceptors (Lipinski definition) is 5. The number of halogens is 2. The Morgan fingerprint density at radius 1 is 1.10 bits per heavy atom. The van der Waals surface area contributed by atoms with Gasteiger partial charge in [0, 0.05) is 63.3 Å². The summed E-state index contributed by atoms with van der Waals surface area (Å²) in [7, 11) is 0. The van der Waals surface area contributed by atoms with Crippen molar-refractivity contribution >= 4 is 30.7 Å². The minimum atomic E-state index is 0. The van der Waals surface area contributed by atoms with Gasteiger partial charge in [-0.1, -0.05) is 6.07 Å². The van der Waals surface area contributed by atoms with Crippen molar-refractivity contribution in [2.24, 2.45) is 0 Å². The summed E-state index contributed by atoms with van der Waals surface area (Å²) < 4.78 is 1.90. The van der Waals surface area contributed by atoms with Crippen molar-refractivity contribution in [2.45, 2.75) is 31.8 Å². The van der Waals surface area contributed by atoms with Gasteiger partial charge in [0.2, 0.25) is 5.91 Å². The van der Waals surface area contributed by atoms with Gasteiger partial charge in [0.1, 0.15) is 6.54 Å². The normalized spacial score (nSPS) is 19.9. The van der Waals surface area contributed by atoms with Gasteiger partial charge in [-0.05, 0) is 37.6 Å². The summed E-state index contributed by atoms with van der Waals surface area (Å²) >= 11 is 0. The molecule has 0 bridgehead atoms. The maximum atomic E-state index is 12.8. The van der Waals surface area contributed by atoms with Gasteiger partial charge in [-0.2, -0.15) is 5.10 Å². The molecule has 2 saturated heterocycles. The first kappa shape index (κ1) is 23.6. The second-order valence-corrected chi connectivity index (χ2v) is 7.44. The zero-order valence-corrected chi connectivity index (χ0v) is 18.2. The van der Waals surface area contributed by atoms with E-state index in [4.69, 9.17) is 0 Å². The highest BCUT2D eigenvalue weighted by Gasteiger charge is 2.24. The third-order valence-corrected chi connectivity index (χ3v) is 5.59. The molecule has 2 aromatic heterocycles. The number of carbonyl (C=O) groups is 1. The van der Waals surface area contributed by atoms with Crippen molar-refractivity contribution in [2.75, 3.05) is 39.3 Å². The van der Waals surface area contributed by atoms with Gasteiger partial charge >= 0.3 is 0 Å². The van der Waals surface area contributed by atoms with E-state index >= 15 is 0 Å². The molecule has 160 valence electrons. The van der Waals surface area contributed by atoms with Crippen LogP contribution < -0.4 is 5.32 Å². The molecule has 7 nitrogen and oxygen atoms in total. The molecule has 1 N–H and O–H groups in total. The largest absolute Gasteiger partial charge is 0.339 e. The van der Waals surface area contributed by atoms with Gasteiger partial charge < -0.3 is 10.2 Å². The molecule has 0 saturated carbocycles. The van der Waals surface area contributed by atoms with E-state index in [0.717, 1.165) is 51.5 Å². The van der Waals surface area contributed by atoms with Gasteiger partial charge in [-0.3, -0.25) is 19.4 Å². The topological polar surface area (TPSA) is 66.3 Å². The summed E-state index contributed by atoms with van der Waals surface area (Å²) in [6, 6.07) is 8.07. The molecule has 1 unspecified atom stereocenters. The highest BCUT2D eigenvalue weighted by Crippen LogP contribution is 2.23. The molecule has 29 heavy (non-hydrogen) atoms. The zero-order valence-electron chi connectivity index (χ0n) is 16.6. The summed E-state index contributed by atoms with van der Waals surface area (Å²) in [4.78, 5) is 21.5. The molecule has 2 fully saturated rings. The second-order valence-electron chi connectivity index (χ2n) is 7.44. The van der Waals surface area contributed by atoms with Crippen LogP contribution in [0.4, 0.5) is 0 Å². The Bertz CT molecular complexity index is 742. The Balaban J connectivity index is 0.00000150. The lowest BCUT2D eigenvalue weighted by Gasteiger charge is -2.34. The zero-order chi connectivity index (χ0) is 18.5. The summed E-state index contributed by atoms with van der Waals surface area (Å²) in [5.41, 5.74) is 2.27. The molecule has 4 rings (SSSR count). The standard InChI is InChI=1S/C20H28N6O.2ClH/c27-20(16-26-19(6-9-23-26)17-4-3-7-21-14-17)25-12-10-24(11-13-25)15-18-5-1-2-8-22-18;;/h1-2,5-6,8-9,17,21H,3-4,7,10-16H2;2*1H. The first-order valence-electron chi connectivity index (χ1n) is 9.92. The fourth-order valence-electron chi connectivity index (χ4n) is 4.03. The molecule has 0 aliphatic carbocycles. The van der Waals surface area contributed by atoms with Crippen molar-refractivity contribution in [1.82, 2.24) is 29.9 Å². The molecule has 1 atom stereocenters. The van der Waals surface area contributed by atoms with Crippen molar-refractivity contribution in [1.29, 1.82) is 0 Å². The van der Waals surface area contributed by atoms with Crippen LogP contribution in [0.25, 0.3) is 0 Å². The number of carbonyl (C=O) groups excluding carboxylic acids is 1. The molecule has 2 aliphatic rings. The Kier molecular flexibility index (Phi) is 9.36. The van der Waals surface area contributed by atoms with E-state index < -0.39 is 0 Å². The average Bonchev–Trinajstić information content (AvgIpc) is 3.18. The van der Waals surface area contributed by atoms with E-state index in [2.05, 4.69) is 32.4 Å². The van der Waals surface area contributed by atoms with Gasteiger partial charge in [-0.15, -0.1) is 24.8 Å². The molecule has 9 heteroatoms. The molecule has 2 aromatic rings. The number of pyridine rings is 1. The lowest BCUT2D eigenvalue weighted by atomic mass is 9.96. The third kappa shape index (κ3) is 6.15. The number of aromatic nitrogens is 3. The molecule has 4 heterocycles. The maximum Gasteiger partial charge on any atom is 0.244 e. The van der Waals surface area contributed by atoms with Gasteiger partial charge in [0.25, 0.3) is 0 Å². The second kappa shape index (κ2) is 11.5. The number of piperidine rings is 1. The minimum Gasteiger partial charge on any atom is -0.339 e. The van der Waals surface area contributed by atoms with Crippen LogP contribution in [0.1, 0.15) is 30.1 Å². The van der Waals surface area contributed by atoms with Crippen LogP contribution in [0.15, 0.2) is 36.7 Å². The Labute approximate surface area is 184 Å². The van der Waals surface area contributed by atoms with E-state index in [0.29, 0.717) is 12.5 Å². The summed E-state index contributed by atoms with van der Waals surface area (Å²) in [5, 5.41) is 7.86. The first-order valence-corrected chi connectivity index (χ1v) is 9.92. The quantitative estimate of drug-likeness (QED) is 0.769. The van der Waals surface area contributed by atoms with E-state index in [9.17, 15) is 4.79 Å². The van der Waals surface area contributed by atoms with Crippen molar-refractivity contribution in [3.63, 3.8) is 0 Å². The molecule has 0 spiro atoms. The smallest absolute Gasteiger partial charge is 0.244 e. The van der Waals surface area contributed by atoms with E-state index in [1.54, 1.807) is 0 Å². The van der Waals surface area contributed by atoms with Crippen molar-refractivity contribution < 1.29 is 4.79 Å². The third-order valence-electron chi connectivity index (χ3n) is 5.59. The molecular weight excluding hydrogens is 411 g/mol. The highest BCUT2D eigenvalue weighted by atomic mass is 35.5. The predicted octanol–water partition coefficient (Wildman–Crippen LogP) is 1.93. The van der Waals surface area contributed by atoms with Gasteiger partial charge in [0.15, 0.2) is 0 Å². The lowest BCUT2D eigenvalue weighted by molar-refractivity contribution is -0.133. The molecule has 1 amide bonds. The van der Waals surface area contributed by atoms with Crippen molar-refractivity contribution in [3.05, 3.63) is 48.0 Å². The van der Waals surface area contributed by atoms with Crippen LogP contribution >= 0.6 is 24.8 Å². The highest BCUT2D eigenvalue weighted by molar-refractivity contribution is 5.85. The number of amides is 1. The van der Waals surface area contributed by atoms with Crippen LogP contribution in [0.2, 0.25) is 0 Å². The minimum absolute atomic E-state index is 0. The SMILES string of the molecule is Cl.Cl.O=C(Cn1nccc1C1CCCNC1)N1CCN(Cc2ccccn2)CC1. The molecule has 2 aliphatic heterocycles. The lowest BCUT2D eigenvalue weighted by Crippen LogP contribution is -2.49. The Morgan fingerprint density at radius 3 is 2.62 bits per heavy atom. The van der Waals surface area contributed by atoms with Gasteiger partial charge in [-0.25, -0.2) is 0 Å². The number of nitrogens with one attached hydrogen (secondary N) is 1. The van der Waals surface area contributed by atoms with Crippen LogP contribution in [0.5, 0.6) is 0 Å². The Hall–Kier alpha value is -1.67. The molecule has 0 aromatic carbocycles. The summed E-state index contributed by atoms with van der Waals surface area (Å²) in [6.45, 7) is 6.58. The predicted molar refractivity (Wildman–Crippen MR) is 118 cm³/mol. The van der Waals surface area contributed by atoms with Crippen LogP contribution in [-0.2, 0) is 17.9 Å². The average molecular weight is 441 g/mol. The van der Waals surface area contributed by atoms with Crippen LogP contribution in [0.3, 0.4) is 0 Å². The number of nitrogens with zero attached hydrogens (tertiary/aromatic N) is 5. The number of piperazine rings is 1. The molecular formula is C20H30Cl2N6O. The summed E-state index contributed by atoms with van der Waals surface area (Å²) in [5.74, 6) is 0.630. The van der Waals surface area contributed by atoms with Crippen LogP contribution in [0, 0.1) is 0 Å². The summed E-state index contributed by atoms with van der Waals surface area (Å²) in [6.07, 6.45) is 6.00. The van der Waals surface area contributed by atoms with Crippen LogP contribution in [-0.4, -0.2) is 69.7 Å². The monoisotopic (exact) mass is 440 g/mol.